The van der Waals surface area contributed by atoms with E-state index in [4.69, 9.17) is 0 Å². The Morgan fingerprint density at radius 3 is 2.62 bits per heavy atom. The third-order valence-corrected chi connectivity index (χ3v) is 3.86. The van der Waals surface area contributed by atoms with Gasteiger partial charge in [0, 0.05) is 45.5 Å². The molecule has 0 bridgehead atoms. The van der Waals surface area contributed by atoms with Gasteiger partial charge in [0.15, 0.2) is 5.96 Å². The van der Waals surface area contributed by atoms with Gasteiger partial charge in [-0.15, -0.1) is 0 Å². The van der Waals surface area contributed by atoms with Crippen LogP contribution < -0.4 is 10.6 Å². The lowest BCUT2D eigenvalue weighted by Crippen LogP contribution is -2.43. The summed E-state index contributed by atoms with van der Waals surface area (Å²) in [5.41, 5.74) is 1.88. The quantitative estimate of drug-likeness (QED) is 0.583. The third kappa shape index (κ3) is 6.51. The fourth-order valence-electron chi connectivity index (χ4n) is 2.26. The van der Waals surface area contributed by atoms with Gasteiger partial charge in [-0.05, 0) is 29.8 Å². The Labute approximate surface area is 153 Å². The van der Waals surface area contributed by atoms with E-state index < -0.39 is 0 Å². The summed E-state index contributed by atoms with van der Waals surface area (Å²) in [5.74, 6) is 0.210. The number of amides is 1. The molecule has 0 aliphatic heterocycles. The number of nitrogens with one attached hydrogen (secondary N) is 2. The van der Waals surface area contributed by atoms with Crippen molar-refractivity contribution in [3.63, 3.8) is 0 Å². The van der Waals surface area contributed by atoms with Crippen LogP contribution in [0.1, 0.15) is 11.3 Å². The first-order valence-corrected chi connectivity index (χ1v) is 8.41. The molecule has 6 nitrogen and oxygen atoms in total. The lowest BCUT2D eigenvalue weighted by atomic mass is 10.2. The summed E-state index contributed by atoms with van der Waals surface area (Å²) in [6.45, 7) is 1.23. The summed E-state index contributed by atoms with van der Waals surface area (Å²) >= 11 is 0. The highest BCUT2D eigenvalue weighted by Gasteiger charge is 2.10. The van der Waals surface area contributed by atoms with E-state index in [1.165, 1.54) is 12.1 Å². The molecule has 0 radical (unpaired) electrons. The number of halogens is 1. The van der Waals surface area contributed by atoms with Crippen molar-refractivity contribution >= 4 is 11.9 Å². The maximum Gasteiger partial charge on any atom is 0.241 e. The molecular weight excluding hydrogens is 333 g/mol. The van der Waals surface area contributed by atoms with Crippen LogP contribution in [0.15, 0.2) is 53.7 Å². The Morgan fingerprint density at radius 1 is 1.19 bits per heavy atom. The maximum atomic E-state index is 12.9. The van der Waals surface area contributed by atoms with E-state index in [0.717, 1.165) is 11.3 Å². The Hall–Kier alpha value is -2.96. The minimum absolute atomic E-state index is 0.0364. The Balaban J connectivity index is 1.72. The van der Waals surface area contributed by atoms with Crippen molar-refractivity contribution in [2.45, 2.75) is 13.0 Å². The lowest BCUT2D eigenvalue weighted by molar-refractivity contribution is -0.128. The molecule has 0 saturated heterocycles. The molecule has 2 rings (SSSR count). The molecule has 1 aromatic heterocycles. The second kappa shape index (κ2) is 10.1. The summed E-state index contributed by atoms with van der Waals surface area (Å²) in [6, 6.07) is 12.0. The molecule has 0 aliphatic carbocycles. The first-order valence-electron chi connectivity index (χ1n) is 8.41. The van der Waals surface area contributed by atoms with E-state index in [2.05, 4.69) is 20.6 Å². The number of likely N-dealkylation sites (N-methyl/N-ethyl adjacent to an activating group) is 1. The normalized spacial score (nSPS) is 11.1. The predicted molar refractivity (Wildman–Crippen MR) is 100 cm³/mol. The zero-order valence-electron chi connectivity index (χ0n) is 15.1. The highest BCUT2D eigenvalue weighted by atomic mass is 19.1. The second-order valence-corrected chi connectivity index (χ2v) is 5.79. The topological polar surface area (TPSA) is 69.6 Å². The predicted octanol–water partition coefficient (Wildman–Crippen LogP) is 1.59. The van der Waals surface area contributed by atoms with Crippen molar-refractivity contribution in [2.24, 2.45) is 4.99 Å². The lowest BCUT2D eigenvalue weighted by Gasteiger charge is -2.18. The van der Waals surface area contributed by atoms with E-state index in [-0.39, 0.29) is 18.3 Å². The minimum Gasteiger partial charge on any atom is -0.352 e. The molecule has 138 valence electrons. The van der Waals surface area contributed by atoms with Crippen LogP contribution in [0.4, 0.5) is 4.39 Å². The SMILES string of the molecule is CN=C(NCC(=O)N(C)CCc1ccccn1)NCc1ccc(F)cc1. The molecule has 1 aromatic carbocycles. The van der Waals surface area contributed by atoms with Gasteiger partial charge in [0.25, 0.3) is 0 Å². The molecule has 0 saturated carbocycles. The number of carbonyl (C=O) groups is 1. The van der Waals surface area contributed by atoms with Crippen molar-refractivity contribution in [1.29, 1.82) is 0 Å². The van der Waals surface area contributed by atoms with Gasteiger partial charge >= 0.3 is 0 Å². The smallest absolute Gasteiger partial charge is 0.241 e. The molecule has 0 spiro atoms. The Morgan fingerprint density at radius 2 is 1.96 bits per heavy atom. The monoisotopic (exact) mass is 357 g/mol. The molecule has 0 unspecified atom stereocenters. The zero-order valence-corrected chi connectivity index (χ0v) is 15.1. The van der Waals surface area contributed by atoms with Crippen LogP contribution in [-0.4, -0.2) is 48.9 Å². The van der Waals surface area contributed by atoms with E-state index in [0.29, 0.717) is 25.5 Å². The van der Waals surface area contributed by atoms with E-state index >= 15 is 0 Å². The van der Waals surface area contributed by atoms with Crippen LogP contribution in [0.5, 0.6) is 0 Å². The molecule has 1 amide bonds. The number of guanidine groups is 1. The number of aromatic nitrogens is 1. The zero-order chi connectivity index (χ0) is 18.8. The number of carbonyl (C=O) groups excluding carboxylic acids is 1. The average Bonchev–Trinajstić information content (AvgIpc) is 2.68. The third-order valence-electron chi connectivity index (χ3n) is 3.86. The molecular formula is C19H24FN5O. The van der Waals surface area contributed by atoms with Crippen LogP contribution in [0, 0.1) is 5.82 Å². The maximum absolute atomic E-state index is 12.9. The number of hydrogen-bond acceptors (Lipinski definition) is 3. The molecule has 0 atom stereocenters. The van der Waals surface area contributed by atoms with Crippen molar-refractivity contribution < 1.29 is 9.18 Å². The summed E-state index contributed by atoms with van der Waals surface area (Å²) < 4.78 is 12.9. The van der Waals surface area contributed by atoms with Gasteiger partial charge in [0.1, 0.15) is 5.82 Å². The van der Waals surface area contributed by atoms with Crippen LogP contribution in [0.25, 0.3) is 0 Å². The fraction of sp³-hybridized carbons (Fsp3) is 0.316. The van der Waals surface area contributed by atoms with Crippen LogP contribution in [-0.2, 0) is 17.8 Å². The number of benzene rings is 1. The average molecular weight is 357 g/mol. The molecule has 0 fully saturated rings. The van der Waals surface area contributed by atoms with Crippen molar-refractivity contribution in [1.82, 2.24) is 20.5 Å². The largest absolute Gasteiger partial charge is 0.352 e. The number of pyridine rings is 1. The highest BCUT2D eigenvalue weighted by Crippen LogP contribution is 2.02. The van der Waals surface area contributed by atoms with Gasteiger partial charge in [0.05, 0.1) is 6.54 Å². The summed E-state index contributed by atoms with van der Waals surface area (Å²) in [5, 5.41) is 6.08. The van der Waals surface area contributed by atoms with Gasteiger partial charge in [0.2, 0.25) is 5.91 Å². The van der Waals surface area contributed by atoms with Gasteiger partial charge in [-0.1, -0.05) is 18.2 Å². The van der Waals surface area contributed by atoms with Gasteiger partial charge in [-0.25, -0.2) is 4.39 Å². The Kier molecular flexibility index (Phi) is 7.54. The fourth-order valence-corrected chi connectivity index (χ4v) is 2.26. The van der Waals surface area contributed by atoms with Gasteiger partial charge in [-0.3, -0.25) is 14.8 Å². The molecule has 2 aromatic rings. The number of nitrogens with zero attached hydrogens (tertiary/aromatic N) is 3. The molecule has 2 N–H and O–H groups in total. The van der Waals surface area contributed by atoms with Crippen LogP contribution in [0.3, 0.4) is 0 Å². The molecule has 0 aliphatic rings. The molecule has 1 heterocycles. The van der Waals surface area contributed by atoms with Gasteiger partial charge < -0.3 is 15.5 Å². The molecule has 26 heavy (non-hydrogen) atoms. The number of aliphatic imine (C=N–C) groups is 1. The van der Waals surface area contributed by atoms with Crippen LogP contribution >= 0.6 is 0 Å². The van der Waals surface area contributed by atoms with Crippen molar-refractivity contribution in [2.75, 3.05) is 27.2 Å². The standard InChI is InChI=1S/C19H24FN5O/c1-21-19(23-13-15-6-8-16(20)9-7-15)24-14-18(26)25(2)12-10-17-5-3-4-11-22-17/h3-9,11H,10,12-14H2,1-2H3,(H2,21,23,24). The van der Waals surface area contributed by atoms with E-state index in [1.807, 2.05) is 18.2 Å². The second-order valence-electron chi connectivity index (χ2n) is 5.79. The van der Waals surface area contributed by atoms with Crippen molar-refractivity contribution in [3.05, 3.63) is 65.7 Å². The first kappa shape index (κ1) is 19.4. The van der Waals surface area contributed by atoms with Gasteiger partial charge in [-0.2, -0.15) is 0 Å². The molecule has 7 heteroatoms. The highest BCUT2D eigenvalue weighted by molar-refractivity contribution is 5.86. The summed E-state index contributed by atoms with van der Waals surface area (Å²) in [6.07, 6.45) is 2.45. The van der Waals surface area contributed by atoms with Crippen molar-refractivity contribution in [3.8, 4) is 0 Å². The van der Waals surface area contributed by atoms with E-state index in [9.17, 15) is 9.18 Å². The summed E-state index contributed by atoms with van der Waals surface area (Å²) in [7, 11) is 3.40. The minimum atomic E-state index is -0.268. The first-order chi connectivity index (χ1) is 12.6. The summed E-state index contributed by atoms with van der Waals surface area (Å²) in [4.78, 5) is 22.2. The number of hydrogen-bond donors (Lipinski definition) is 2. The Bertz CT molecular complexity index is 718. The van der Waals surface area contributed by atoms with Crippen LogP contribution in [0.2, 0.25) is 0 Å². The number of rotatable bonds is 7. The van der Waals surface area contributed by atoms with E-state index in [1.54, 1.807) is 37.3 Å².